The van der Waals surface area contributed by atoms with Gasteiger partial charge in [0.25, 0.3) is 5.56 Å². The Morgan fingerprint density at radius 2 is 2.17 bits per heavy atom. The first-order valence-corrected chi connectivity index (χ1v) is 8.23. The van der Waals surface area contributed by atoms with Crippen molar-refractivity contribution in [2.24, 2.45) is 0 Å². The number of hydrogen-bond donors (Lipinski definition) is 1. The maximum absolute atomic E-state index is 12.1. The number of rotatable bonds is 2. The Morgan fingerprint density at radius 3 is 2.79 bits per heavy atom. The second-order valence-electron chi connectivity index (χ2n) is 5.68. The summed E-state index contributed by atoms with van der Waals surface area (Å²) in [4.78, 5) is 25.1. The van der Waals surface area contributed by atoms with Gasteiger partial charge in [-0.1, -0.05) is 29.3 Å². The van der Waals surface area contributed by atoms with Gasteiger partial charge < -0.3 is 14.2 Å². The zero-order chi connectivity index (χ0) is 17.3. The summed E-state index contributed by atoms with van der Waals surface area (Å²) in [6, 6.07) is 6.34. The number of benzene rings is 1. The van der Waals surface area contributed by atoms with E-state index in [2.05, 4.69) is 5.16 Å². The molecule has 1 saturated heterocycles. The molecule has 1 aromatic carbocycles. The fourth-order valence-electron chi connectivity index (χ4n) is 3.12. The lowest BCUT2D eigenvalue weighted by Gasteiger charge is -2.38. The number of hydrogen-bond acceptors (Lipinski definition) is 4. The molecule has 8 heteroatoms. The summed E-state index contributed by atoms with van der Waals surface area (Å²) >= 11 is 12.3. The molecule has 0 unspecified atom stereocenters. The van der Waals surface area contributed by atoms with Gasteiger partial charge in [-0.2, -0.15) is 5.16 Å². The van der Waals surface area contributed by atoms with Crippen LogP contribution in [-0.4, -0.2) is 29.8 Å². The number of halogens is 2. The van der Waals surface area contributed by atoms with E-state index in [1.165, 1.54) is 13.2 Å². The molecular weight excluding hydrogens is 355 g/mol. The number of nitrogens with one attached hydrogen (secondary N) is 1. The Labute approximate surface area is 148 Å². The second-order valence-corrected chi connectivity index (χ2v) is 6.53. The molecular formula is C16H16Cl2N2O4. The number of aromatic amines is 1. The van der Waals surface area contributed by atoms with Crippen molar-refractivity contribution < 1.29 is 14.1 Å². The number of piperidine rings is 1. The minimum atomic E-state index is -0.417. The fourth-order valence-corrected chi connectivity index (χ4v) is 3.66. The summed E-state index contributed by atoms with van der Waals surface area (Å²) in [5.41, 5.74) is 0.510. The fraction of sp³-hybridized carbons (Fsp3) is 0.375. The molecule has 1 amide bonds. The Bertz CT molecular complexity index is 801. The van der Waals surface area contributed by atoms with Crippen LogP contribution in [0, 0.1) is 0 Å². The van der Waals surface area contributed by atoms with Crippen LogP contribution in [0.15, 0.2) is 33.6 Å². The van der Waals surface area contributed by atoms with Gasteiger partial charge in [-0.05, 0) is 30.5 Å². The average Bonchev–Trinajstić information content (AvgIpc) is 3.00. The SMILES string of the molecule is COC(=O)N1CC[C@H](c2cc(=O)[nH]o2)C[C@H]1c1ccc(Cl)cc1Cl. The van der Waals surface area contributed by atoms with Crippen LogP contribution < -0.4 is 5.56 Å². The van der Waals surface area contributed by atoms with E-state index in [0.717, 1.165) is 5.56 Å². The quantitative estimate of drug-likeness (QED) is 0.867. The van der Waals surface area contributed by atoms with E-state index >= 15 is 0 Å². The molecule has 0 aliphatic carbocycles. The number of ether oxygens (including phenoxy) is 1. The first kappa shape index (κ1) is 16.9. The third kappa shape index (κ3) is 3.30. The van der Waals surface area contributed by atoms with E-state index in [-0.39, 0.29) is 17.5 Å². The van der Waals surface area contributed by atoms with Gasteiger partial charge in [-0.3, -0.25) is 4.79 Å². The minimum absolute atomic E-state index is 0.00148. The van der Waals surface area contributed by atoms with Crippen LogP contribution in [0.5, 0.6) is 0 Å². The van der Waals surface area contributed by atoms with Gasteiger partial charge in [-0.25, -0.2) is 4.79 Å². The molecule has 1 fully saturated rings. The van der Waals surface area contributed by atoms with Crippen LogP contribution in [0.4, 0.5) is 4.79 Å². The molecule has 1 aliphatic heterocycles. The predicted molar refractivity (Wildman–Crippen MR) is 89.6 cm³/mol. The Hall–Kier alpha value is -1.92. The van der Waals surface area contributed by atoms with E-state index in [4.69, 9.17) is 32.5 Å². The zero-order valence-electron chi connectivity index (χ0n) is 12.9. The van der Waals surface area contributed by atoms with Crippen molar-refractivity contribution in [1.82, 2.24) is 10.1 Å². The van der Waals surface area contributed by atoms with E-state index in [9.17, 15) is 9.59 Å². The number of likely N-dealkylation sites (tertiary alicyclic amines) is 1. The number of carbonyl (C=O) groups is 1. The minimum Gasteiger partial charge on any atom is -0.453 e. The van der Waals surface area contributed by atoms with Crippen molar-refractivity contribution >= 4 is 29.3 Å². The van der Waals surface area contributed by atoms with Crippen LogP contribution in [-0.2, 0) is 4.74 Å². The summed E-state index contributed by atoms with van der Waals surface area (Å²) < 4.78 is 10.1. The monoisotopic (exact) mass is 370 g/mol. The Balaban J connectivity index is 1.95. The number of nitrogens with zero attached hydrogens (tertiary/aromatic N) is 1. The summed E-state index contributed by atoms with van der Waals surface area (Å²) in [5, 5.41) is 3.31. The van der Waals surface area contributed by atoms with Crippen LogP contribution in [0.1, 0.15) is 36.1 Å². The van der Waals surface area contributed by atoms with E-state index in [1.807, 2.05) is 0 Å². The highest BCUT2D eigenvalue weighted by Crippen LogP contribution is 2.41. The largest absolute Gasteiger partial charge is 0.453 e. The third-order valence-corrected chi connectivity index (χ3v) is 4.84. The highest BCUT2D eigenvalue weighted by molar-refractivity contribution is 6.35. The standard InChI is InChI=1S/C16H16Cl2N2O4/c1-23-16(22)20-5-4-9(14-8-15(21)19-24-14)6-13(20)11-3-2-10(17)7-12(11)18/h2-3,7-9,13H,4-6H2,1H3,(H,19,21)/t9-,13-/m0/s1. The highest BCUT2D eigenvalue weighted by atomic mass is 35.5. The molecule has 0 bridgehead atoms. The first-order valence-electron chi connectivity index (χ1n) is 7.47. The van der Waals surface area contributed by atoms with Gasteiger partial charge in [0.15, 0.2) is 0 Å². The van der Waals surface area contributed by atoms with Crippen molar-refractivity contribution in [3.8, 4) is 0 Å². The molecule has 1 aliphatic rings. The lowest BCUT2D eigenvalue weighted by Crippen LogP contribution is -2.40. The smallest absolute Gasteiger partial charge is 0.409 e. The number of aromatic nitrogens is 1. The molecule has 3 rings (SSSR count). The molecule has 1 N–H and O–H groups in total. The third-order valence-electron chi connectivity index (χ3n) is 4.28. The molecule has 2 aromatic rings. The van der Waals surface area contributed by atoms with Gasteiger partial charge >= 0.3 is 6.09 Å². The number of methoxy groups -OCH3 is 1. The van der Waals surface area contributed by atoms with Gasteiger partial charge in [0.05, 0.1) is 13.2 Å². The molecule has 1 aromatic heterocycles. The van der Waals surface area contributed by atoms with Crippen molar-refractivity contribution in [3.05, 3.63) is 56.0 Å². The van der Waals surface area contributed by atoms with Gasteiger partial charge in [-0.15, -0.1) is 0 Å². The van der Waals surface area contributed by atoms with E-state index in [0.29, 0.717) is 35.2 Å². The van der Waals surface area contributed by atoms with Gasteiger partial charge in [0, 0.05) is 28.6 Å². The predicted octanol–water partition coefficient (Wildman–Crippen LogP) is 3.96. The maximum Gasteiger partial charge on any atom is 0.409 e. The zero-order valence-corrected chi connectivity index (χ0v) is 14.4. The second kappa shape index (κ2) is 6.91. The molecule has 24 heavy (non-hydrogen) atoms. The normalized spacial score (nSPS) is 20.9. The number of H-pyrrole nitrogens is 1. The maximum atomic E-state index is 12.1. The van der Waals surface area contributed by atoms with Crippen LogP contribution in [0.2, 0.25) is 10.0 Å². The lowest BCUT2D eigenvalue weighted by atomic mass is 9.86. The molecule has 2 atom stereocenters. The summed E-state index contributed by atoms with van der Waals surface area (Å²) in [5.74, 6) is 0.584. The van der Waals surface area contributed by atoms with Crippen LogP contribution in [0.3, 0.4) is 0 Å². The molecule has 2 heterocycles. The van der Waals surface area contributed by atoms with Gasteiger partial charge in [0.1, 0.15) is 5.76 Å². The van der Waals surface area contributed by atoms with Crippen molar-refractivity contribution in [2.45, 2.75) is 24.8 Å². The number of amides is 1. The summed E-state index contributed by atoms with van der Waals surface area (Å²) in [6.07, 6.45) is 0.814. The van der Waals surface area contributed by atoms with Crippen molar-refractivity contribution in [2.75, 3.05) is 13.7 Å². The first-order chi connectivity index (χ1) is 11.5. The topological polar surface area (TPSA) is 75.5 Å². The summed E-state index contributed by atoms with van der Waals surface area (Å²) in [6.45, 7) is 0.468. The van der Waals surface area contributed by atoms with Crippen LogP contribution in [0.25, 0.3) is 0 Å². The molecule has 0 radical (unpaired) electrons. The average molecular weight is 371 g/mol. The number of carbonyl (C=O) groups excluding carboxylic acids is 1. The molecule has 0 saturated carbocycles. The van der Waals surface area contributed by atoms with Crippen molar-refractivity contribution in [3.63, 3.8) is 0 Å². The highest BCUT2D eigenvalue weighted by Gasteiger charge is 2.36. The Morgan fingerprint density at radius 1 is 1.38 bits per heavy atom. The van der Waals surface area contributed by atoms with Gasteiger partial charge in [0.2, 0.25) is 0 Å². The Kier molecular flexibility index (Phi) is 4.87. The summed E-state index contributed by atoms with van der Waals surface area (Å²) in [7, 11) is 1.35. The lowest BCUT2D eigenvalue weighted by molar-refractivity contribution is 0.0815. The van der Waals surface area contributed by atoms with Crippen molar-refractivity contribution in [1.29, 1.82) is 0 Å². The van der Waals surface area contributed by atoms with Crippen LogP contribution >= 0.6 is 23.2 Å². The van der Waals surface area contributed by atoms with E-state index in [1.54, 1.807) is 23.1 Å². The molecule has 0 spiro atoms. The van der Waals surface area contributed by atoms with E-state index < -0.39 is 6.09 Å². The molecule has 6 nitrogen and oxygen atoms in total. The molecule has 128 valence electrons.